The molecule has 150 valence electrons. The first-order valence-corrected chi connectivity index (χ1v) is 11.0. The summed E-state index contributed by atoms with van der Waals surface area (Å²) in [5.74, 6) is -0.163. The lowest BCUT2D eigenvalue weighted by Gasteiger charge is -2.26. The van der Waals surface area contributed by atoms with E-state index in [0.29, 0.717) is 23.9 Å². The van der Waals surface area contributed by atoms with Gasteiger partial charge >= 0.3 is 0 Å². The minimum absolute atomic E-state index is 0.0900. The third-order valence-corrected chi connectivity index (χ3v) is 7.00. The Labute approximate surface area is 174 Å². The first-order valence-electron chi connectivity index (χ1n) is 8.77. The number of methoxy groups -OCH3 is 1. The van der Waals surface area contributed by atoms with Crippen molar-refractivity contribution in [2.75, 3.05) is 25.5 Å². The lowest BCUT2D eigenvalue weighted by molar-refractivity contribution is 0.102. The third kappa shape index (κ3) is 4.43. The molecule has 2 aromatic rings. The fourth-order valence-electron chi connectivity index (χ4n) is 3.06. The number of hydrogen-bond donors (Lipinski definition) is 1. The van der Waals surface area contributed by atoms with E-state index in [-0.39, 0.29) is 21.2 Å². The second kappa shape index (κ2) is 8.69. The van der Waals surface area contributed by atoms with Crippen molar-refractivity contribution < 1.29 is 17.9 Å². The summed E-state index contributed by atoms with van der Waals surface area (Å²) in [5.41, 5.74) is 0.419. The number of nitrogens with one attached hydrogen (secondary N) is 1. The monoisotopic (exact) mass is 442 g/mol. The topological polar surface area (TPSA) is 75.7 Å². The summed E-state index contributed by atoms with van der Waals surface area (Å²) < 4.78 is 32.4. The van der Waals surface area contributed by atoms with Crippen LogP contribution in [0.2, 0.25) is 10.0 Å². The number of sulfonamides is 1. The van der Waals surface area contributed by atoms with Crippen LogP contribution in [0.4, 0.5) is 5.69 Å². The number of piperidine rings is 1. The molecule has 1 heterocycles. The van der Waals surface area contributed by atoms with Crippen molar-refractivity contribution in [3.8, 4) is 5.75 Å². The van der Waals surface area contributed by atoms with E-state index in [0.717, 1.165) is 19.3 Å². The van der Waals surface area contributed by atoms with Crippen molar-refractivity contribution in [3.05, 3.63) is 52.0 Å². The van der Waals surface area contributed by atoms with Crippen LogP contribution in [0.3, 0.4) is 0 Å². The number of amides is 1. The SMILES string of the molecule is COc1ccc(Cl)cc1C(=O)Nc1cc(S(=O)(=O)N2CCCCC2)ccc1Cl. The van der Waals surface area contributed by atoms with Crippen LogP contribution in [0.1, 0.15) is 29.6 Å². The highest BCUT2D eigenvalue weighted by atomic mass is 35.5. The predicted molar refractivity (Wildman–Crippen MR) is 110 cm³/mol. The zero-order valence-corrected chi connectivity index (χ0v) is 17.6. The van der Waals surface area contributed by atoms with E-state index < -0.39 is 15.9 Å². The van der Waals surface area contributed by atoms with Gasteiger partial charge in [0.15, 0.2) is 0 Å². The molecule has 0 aromatic heterocycles. The Morgan fingerprint density at radius 1 is 1.07 bits per heavy atom. The number of carbonyl (C=O) groups excluding carboxylic acids is 1. The third-order valence-electron chi connectivity index (χ3n) is 4.54. The normalized spacial score (nSPS) is 15.2. The van der Waals surface area contributed by atoms with Gasteiger partial charge in [-0.05, 0) is 49.2 Å². The second-order valence-corrected chi connectivity index (χ2v) is 9.19. The molecule has 1 fully saturated rings. The number of anilines is 1. The van der Waals surface area contributed by atoms with E-state index in [1.807, 2.05) is 0 Å². The second-order valence-electron chi connectivity index (χ2n) is 6.41. The smallest absolute Gasteiger partial charge is 0.259 e. The maximum absolute atomic E-state index is 12.9. The molecule has 9 heteroatoms. The number of halogens is 2. The summed E-state index contributed by atoms with van der Waals surface area (Å²) in [4.78, 5) is 12.8. The highest BCUT2D eigenvalue weighted by Gasteiger charge is 2.27. The Morgan fingerprint density at radius 3 is 2.46 bits per heavy atom. The average Bonchev–Trinajstić information content (AvgIpc) is 2.70. The fraction of sp³-hybridized carbons (Fsp3) is 0.316. The molecule has 0 spiro atoms. The van der Waals surface area contributed by atoms with Gasteiger partial charge in [0.05, 0.1) is 28.3 Å². The number of hydrogen-bond acceptors (Lipinski definition) is 4. The molecule has 1 saturated heterocycles. The van der Waals surface area contributed by atoms with Crippen molar-refractivity contribution in [1.82, 2.24) is 4.31 Å². The Kier molecular flexibility index (Phi) is 6.50. The van der Waals surface area contributed by atoms with Crippen LogP contribution in [-0.4, -0.2) is 38.8 Å². The molecular formula is C19H20Cl2N2O4S. The predicted octanol–water partition coefficient (Wildman–Crippen LogP) is 4.43. The summed E-state index contributed by atoms with van der Waals surface area (Å²) in [6.07, 6.45) is 2.70. The fourth-order valence-corrected chi connectivity index (χ4v) is 4.94. The van der Waals surface area contributed by atoms with E-state index in [9.17, 15) is 13.2 Å². The highest BCUT2D eigenvalue weighted by molar-refractivity contribution is 7.89. The first-order chi connectivity index (χ1) is 13.3. The Hall–Kier alpha value is -1.80. The average molecular weight is 443 g/mol. The minimum Gasteiger partial charge on any atom is -0.496 e. The Balaban J connectivity index is 1.90. The maximum Gasteiger partial charge on any atom is 0.259 e. The van der Waals surface area contributed by atoms with E-state index in [1.54, 1.807) is 12.1 Å². The molecule has 1 aliphatic rings. The van der Waals surface area contributed by atoms with Crippen molar-refractivity contribution >= 4 is 44.8 Å². The number of rotatable bonds is 5. The van der Waals surface area contributed by atoms with Gasteiger partial charge in [-0.15, -0.1) is 0 Å². The summed E-state index contributed by atoms with van der Waals surface area (Å²) in [6.45, 7) is 0.985. The van der Waals surface area contributed by atoms with Crippen LogP contribution < -0.4 is 10.1 Å². The summed E-state index contributed by atoms with van der Waals surface area (Å²) in [5, 5.41) is 3.25. The van der Waals surface area contributed by atoms with Gasteiger partial charge < -0.3 is 10.1 Å². The van der Waals surface area contributed by atoms with Crippen LogP contribution in [0.15, 0.2) is 41.3 Å². The summed E-state index contributed by atoms with van der Waals surface area (Å²) >= 11 is 12.2. The Morgan fingerprint density at radius 2 is 1.79 bits per heavy atom. The molecule has 1 N–H and O–H groups in total. The molecule has 2 aromatic carbocycles. The first kappa shape index (κ1) is 20.9. The van der Waals surface area contributed by atoms with Gasteiger partial charge in [0, 0.05) is 18.1 Å². The molecular weight excluding hydrogens is 423 g/mol. The lowest BCUT2D eigenvalue weighted by Crippen LogP contribution is -2.35. The Bertz CT molecular complexity index is 989. The zero-order chi connectivity index (χ0) is 20.3. The lowest BCUT2D eigenvalue weighted by atomic mass is 10.2. The molecule has 1 amide bonds. The van der Waals surface area contributed by atoms with E-state index in [1.165, 1.54) is 35.7 Å². The van der Waals surface area contributed by atoms with Gasteiger partial charge in [0.2, 0.25) is 10.0 Å². The van der Waals surface area contributed by atoms with E-state index in [4.69, 9.17) is 27.9 Å². The molecule has 0 saturated carbocycles. The number of benzene rings is 2. The van der Waals surface area contributed by atoms with Gasteiger partial charge in [-0.25, -0.2) is 8.42 Å². The number of ether oxygens (including phenoxy) is 1. The summed E-state index contributed by atoms with van der Waals surface area (Å²) in [6, 6.07) is 8.94. The van der Waals surface area contributed by atoms with Gasteiger partial charge in [-0.3, -0.25) is 4.79 Å². The van der Waals surface area contributed by atoms with E-state index >= 15 is 0 Å². The largest absolute Gasteiger partial charge is 0.496 e. The molecule has 0 radical (unpaired) electrons. The van der Waals surface area contributed by atoms with Crippen molar-refractivity contribution in [1.29, 1.82) is 0 Å². The zero-order valence-electron chi connectivity index (χ0n) is 15.2. The van der Waals surface area contributed by atoms with Crippen molar-refractivity contribution in [2.24, 2.45) is 0 Å². The molecule has 0 atom stereocenters. The van der Waals surface area contributed by atoms with Crippen LogP contribution >= 0.6 is 23.2 Å². The van der Waals surface area contributed by atoms with Crippen molar-refractivity contribution in [3.63, 3.8) is 0 Å². The van der Waals surface area contributed by atoms with Crippen molar-refractivity contribution in [2.45, 2.75) is 24.2 Å². The minimum atomic E-state index is -3.64. The molecule has 1 aliphatic heterocycles. The maximum atomic E-state index is 12.9. The number of carbonyl (C=O) groups is 1. The summed E-state index contributed by atoms with van der Waals surface area (Å²) in [7, 11) is -2.20. The van der Waals surface area contributed by atoms with Crippen LogP contribution in [0, 0.1) is 0 Å². The highest BCUT2D eigenvalue weighted by Crippen LogP contribution is 2.30. The molecule has 0 unspecified atom stereocenters. The molecule has 3 rings (SSSR count). The van der Waals surface area contributed by atoms with Crippen LogP contribution in [-0.2, 0) is 10.0 Å². The van der Waals surface area contributed by atoms with Gasteiger partial charge in [0.25, 0.3) is 5.91 Å². The molecule has 0 bridgehead atoms. The van der Waals surface area contributed by atoms with E-state index in [2.05, 4.69) is 5.32 Å². The van der Waals surface area contributed by atoms with Crippen LogP contribution in [0.25, 0.3) is 0 Å². The quantitative estimate of drug-likeness (QED) is 0.742. The molecule has 0 aliphatic carbocycles. The van der Waals surface area contributed by atoms with Crippen LogP contribution in [0.5, 0.6) is 5.75 Å². The van der Waals surface area contributed by atoms with Gasteiger partial charge in [-0.1, -0.05) is 29.6 Å². The van der Waals surface area contributed by atoms with Gasteiger partial charge in [-0.2, -0.15) is 4.31 Å². The standard InChI is InChI=1S/C19H20Cl2N2O4S/c1-27-18-8-5-13(20)11-15(18)19(24)22-17-12-14(6-7-16(17)21)28(25,26)23-9-3-2-4-10-23/h5-8,11-12H,2-4,9-10H2,1H3,(H,22,24). The molecule has 6 nitrogen and oxygen atoms in total. The van der Waals surface area contributed by atoms with Gasteiger partial charge in [0.1, 0.15) is 5.75 Å². The molecule has 28 heavy (non-hydrogen) atoms. The number of nitrogens with zero attached hydrogens (tertiary/aromatic N) is 1.